The molecule has 1 amide bonds. The van der Waals surface area contributed by atoms with Crippen molar-refractivity contribution in [3.05, 3.63) is 61.0 Å². The minimum atomic E-state index is -0.407. The molecule has 1 heterocycles. The van der Waals surface area contributed by atoms with Gasteiger partial charge in [-0.15, -0.1) is 0 Å². The number of rotatable bonds is 5. The van der Waals surface area contributed by atoms with Crippen molar-refractivity contribution < 1.29 is 4.79 Å². The Hall–Kier alpha value is -3.00. The van der Waals surface area contributed by atoms with Gasteiger partial charge in [-0.2, -0.15) is 5.10 Å². The molecule has 0 aliphatic rings. The normalized spacial score (nSPS) is 9.65. The molecule has 2 aromatic rings. The maximum atomic E-state index is 12.4. The minimum Gasteiger partial charge on any atom is -0.318 e. The predicted octanol–water partition coefficient (Wildman–Crippen LogP) is 4.19. The zero-order chi connectivity index (χ0) is 16.8. The highest BCUT2D eigenvalue weighted by atomic mass is 79.9. The van der Waals surface area contributed by atoms with Crippen LogP contribution in [0.1, 0.15) is 15.9 Å². The number of azide groups is 2. The molecule has 0 aliphatic carbocycles. The van der Waals surface area contributed by atoms with Crippen molar-refractivity contribution >= 4 is 33.2 Å². The highest BCUT2D eigenvalue weighted by Crippen LogP contribution is 2.23. The summed E-state index contributed by atoms with van der Waals surface area (Å²) in [7, 11) is 1.72. The molecule has 0 radical (unpaired) electrons. The average molecular weight is 376 g/mol. The fraction of sp³-hybridized carbons (Fsp3) is 0.167. The van der Waals surface area contributed by atoms with E-state index in [1.54, 1.807) is 23.9 Å². The SMILES string of the molecule is Cn1ncc(NC(=O)c2cc(CN=[N+]=[N-])cc(N=[N+]=[N-])c2)c1Br. The number of carbonyl (C=O) groups is 1. The Morgan fingerprint density at radius 1 is 1.39 bits per heavy atom. The first-order chi connectivity index (χ1) is 11.0. The summed E-state index contributed by atoms with van der Waals surface area (Å²) in [6.07, 6.45) is 1.50. The van der Waals surface area contributed by atoms with E-state index in [9.17, 15) is 4.79 Å². The van der Waals surface area contributed by atoms with Crippen molar-refractivity contribution in [1.82, 2.24) is 9.78 Å². The van der Waals surface area contributed by atoms with Gasteiger partial charge in [0.25, 0.3) is 5.91 Å². The van der Waals surface area contributed by atoms with Crippen LogP contribution in [0.2, 0.25) is 0 Å². The van der Waals surface area contributed by atoms with Gasteiger partial charge >= 0.3 is 0 Å². The first kappa shape index (κ1) is 16.4. The number of hydrogen-bond acceptors (Lipinski definition) is 4. The summed E-state index contributed by atoms with van der Waals surface area (Å²) in [6.45, 7) is 0.0438. The Morgan fingerprint density at radius 3 is 2.78 bits per heavy atom. The number of aromatic nitrogens is 2. The summed E-state index contributed by atoms with van der Waals surface area (Å²) in [6, 6.07) is 4.55. The third-order valence-electron chi connectivity index (χ3n) is 2.83. The highest BCUT2D eigenvalue weighted by molar-refractivity contribution is 9.10. The molecule has 11 heteroatoms. The topological polar surface area (TPSA) is 144 Å². The zero-order valence-electron chi connectivity index (χ0n) is 11.9. The van der Waals surface area contributed by atoms with E-state index in [2.05, 4.69) is 46.4 Å². The number of aryl methyl sites for hydroxylation is 1. The van der Waals surface area contributed by atoms with Gasteiger partial charge in [0, 0.05) is 28.1 Å². The van der Waals surface area contributed by atoms with Crippen molar-refractivity contribution in [1.29, 1.82) is 0 Å². The first-order valence-corrected chi connectivity index (χ1v) is 7.03. The lowest BCUT2D eigenvalue weighted by molar-refractivity contribution is 0.102. The molecule has 0 spiro atoms. The van der Waals surface area contributed by atoms with Crippen molar-refractivity contribution in [3.63, 3.8) is 0 Å². The number of halogens is 1. The molecule has 0 atom stereocenters. The van der Waals surface area contributed by atoms with E-state index in [1.807, 2.05) is 0 Å². The summed E-state index contributed by atoms with van der Waals surface area (Å²) in [5, 5.41) is 13.6. The summed E-state index contributed by atoms with van der Waals surface area (Å²) in [4.78, 5) is 17.7. The average Bonchev–Trinajstić information content (AvgIpc) is 2.85. The van der Waals surface area contributed by atoms with E-state index in [-0.39, 0.29) is 17.8 Å². The van der Waals surface area contributed by atoms with Crippen molar-refractivity contribution in [2.24, 2.45) is 17.3 Å². The van der Waals surface area contributed by atoms with Crippen LogP contribution in [-0.2, 0) is 13.6 Å². The van der Waals surface area contributed by atoms with Crippen LogP contribution >= 0.6 is 15.9 Å². The largest absolute Gasteiger partial charge is 0.318 e. The van der Waals surface area contributed by atoms with E-state index in [0.717, 1.165) is 0 Å². The van der Waals surface area contributed by atoms with E-state index < -0.39 is 5.91 Å². The monoisotopic (exact) mass is 375 g/mol. The van der Waals surface area contributed by atoms with Crippen LogP contribution < -0.4 is 5.32 Å². The molecule has 0 bridgehead atoms. The lowest BCUT2D eigenvalue weighted by atomic mass is 10.1. The minimum absolute atomic E-state index is 0.0438. The molecule has 0 fully saturated rings. The van der Waals surface area contributed by atoms with Crippen molar-refractivity contribution in [3.8, 4) is 0 Å². The van der Waals surface area contributed by atoms with E-state index in [1.165, 1.54) is 12.3 Å². The number of nitrogens with one attached hydrogen (secondary N) is 1. The Bertz CT molecular complexity index is 846. The second kappa shape index (κ2) is 7.32. The van der Waals surface area contributed by atoms with Crippen molar-refractivity contribution in [2.75, 3.05) is 5.32 Å². The molecule has 116 valence electrons. The molecule has 1 aromatic heterocycles. The fourth-order valence-electron chi connectivity index (χ4n) is 1.82. The predicted molar refractivity (Wildman–Crippen MR) is 87.0 cm³/mol. The molecule has 0 saturated carbocycles. The number of amides is 1. The Kier molecular flexibility index (Phi) is 5.21. The lowest BCUT2D eigenvalue weighted by Crippen LogP contribution is -2.12. The number of nitrogens with zero attached hydrogens (tertiary/aromatic N) is 8. The van der Waals surface area contributed by atoms with Gasteiger partial charge in [-0.3, -0.25) is 9.48 Å². The maximum absolute atomic E-state index is 12.4. The molecule has 23 heavy (non-hydrogen) atoms. The lowest BCUT2D eigenvalue weighted by Gasteiger charge is -2.07. The van der Waals surface area contributed by atoms with Gasteiger partial charge in [-0.25, -0.2) is 0 Å². The molecule has 0 unspecified atom stereocenters. The second-order valence-corrected chi connectivity index (χ2v) is 5.14. The van der Waals surface area contributed by atoms with Crippen LogP contribution in [0.4, 0.5) is 11.4 Å². The van der Waals surface area contributed by atoms with Gasteiger partial charge in [0.1, 0.15) is 4.60 Å². The second-order valence-electron chi connectivity index (χ2n) is 4.39. The van der Waals surface area contributed by atoms with Crippen LogP contribution in [0.25, 0.3) is 20.9 Å². The summed E-state index contributed by atoms with van der Waals surface area (Å²) in [5.74, 6) is -0.407. The molecular weight excluding hydrogens is 366 g/mol. The van der Waals surface area contributed by atoms with E-state index in [4.69, 9.17) is 11.1 Å². The standard InChI is InChI=1S/C12H10BrN9O/c1-22-11(13)10(6-17-22)18-12(23)8-2-7(5-16-20-14)3-9(4-8)19-21-15/h2-4,6H,5H2,1H3,(H,18,23). The molecule has 0 saturated heterocycles. The summed E-state index contributed by atoms with van der Waals surface area (Å²) in [5.41, 5.74) is 18.5. The number of hydrogen-bond donors (Lipinski definition) is 1. The molecule has 1 N–H and O–H groups in total. The molecule has 2 rings (SSSR count). The third kappa shape index (κ3) is 4.01. The molecule has 10 nitrogen and oxygen atoms in total. The summed E-state index contributed by atoms with van der Waals surface area (Å²) >= 11 is 3.30. The Balaban J connectivity index is 2.34. The van der Waals surface area contributed by atoms with Gasteiger partial charge in [0.05, 0.1) is 18.4 Å². The van der Waals surface area contributed by atoms with Gasteiger partial charge in [0.2, 0.25) is 0 Å². The van der Waals surface area contributed by atoms with E-state index in [0.29, 0.717) is 15.9 Å². The quantitative estimate of drug-likeness (QED) is 0.474. The Labute approximate surface area is 138 Å². The van der Waals surface area contributed by atoms with E-state index >= 15 is 0 Å². The van der Waals surface area contributed by atoms with Crippen LogP contribution in [-0.4, -0.2) is 15.7 Å². The number of benzene rings is 1. The third-order valence-corrected chi connectivity index (χ3v) is 3.77. The maximum Gasteiger partial charge on any atom is 0.255 e. The number of anilines is 1. The van der Waals surface area contributed by atoms with Crippen LogP contribution in [0.3, 0.4) is 0 Å². The highest BCUT2D eigenvalue weighted by Gasteiger charge is 2.12. The van der Waals surface area contributed by atoms with Crippen LogP contribution in [0, 0.1) is 0 Å². The van der Waals surface area contributed by atoms with Gasteiger partial charge in [0.15, 0.2) is 0 Å². The van der Waals surface area contributed by atoms with Gasteiger partial charge < -0.3 is 5.32 Å². The molecule has 1 aromatic carbocycles. The van der Waals surface area contributed by atoms with Crippen LogP contribution in [0.5, 0.6) is 0 Å². The van der Waals surface area contributed by atoms with Gasteiger partial charge in [-0.05, 0) is 50.8 Å². The van der Waals surface area contributed by atoms with Gasteiger partial charge in [-0.1, -0.05) is 10.2 Å². The smallest absolute Gasteiger partial charge is 0.255 e. The first-order valence-electron chi connectivity index (χ1n) is 6.24. The molecular formula is C12H10BrN9O. The van der Waals surface area contributed by atoms with Crippen LogP contribution in [0.15, 0.2) is 39.2 Å². The van der Waals surface area contributed by atoms with Crippen molar-refractivity contribution in [2.45, 2.75) is 6.54 Å². The molecule has 0 aliphatic heterocycles. The summed E-state index contributed by atoms with van der Waals surface area (Å²) < 4.78 is 2.17. The fourth-order valence-corrected chi connectivity index (χ4v) is 2.11. The zero-order valence-corrected chi connectivity index (χ0v) is 13.5. The number of carbonyl (C=O) groups excluding carboxylic acids is 1. The Morgan fingerprint density at radius 2 is 2.17 bits per heavy atom.